The monoisotopic (exact) mass is 319 g/mol. The summed E-state index contributed by atoms with van der Waals surface area (Å²) in [5.41, 5.74) is 0.544. The van der Waals surface area contributed by atoms with Crippen molar-refractivity contribution in [3.05, 3.63) is 24.2 Å². The molecular formula is C17H25N3O3. The van der Waals surface area contributed by atoms with Crippen LogP contribution in [0.2, 0.25) is 0 Å². The molecule has 2 aliphatic rings. The maximum absolute atomic E-state index is 12.3. The molecule has 0 spiro atoms. The van der Waals surface area contributed by atoms with E-state index in [1.807, 2.05) is 4.90 Å². The smallest absolute Gasteiger partial charge is 0.317 e. The Morgan fingerprint density at radius 3 is 2.35 bits per heavy atom. The Hall–Kier alpha value is -1.98. The van der Waals surface area contributed by atoms with Crippen molar-refractivity contribution in [2.24, 2.45) is 0 Å². The van der Waals surface area contributed by atoms with Gasteiger partial charge in [-0.15, -0.1) is 0 Å². The summed E-state index contributed by atoms with van der Waals surface area (Å²) in [4.78, 5) is 26.2. The van der Waals surface area contributed by atoms with Crippen LogP contribution >= 0.6 is 0 Å². The number of carbonyl (C=O) groups is 2. The number of piperidine rings is 1. The van der Waals surface area contributed by atoms with Gasteiger partial charge in [-0.2, -0.15) is 0 Å². The molecule has 1 aliphatic carbocycles. The highest BCUT2D eigenvalue weighted by atomic mass is 16.3. The molecule has 2 N–H and O–H groups in total. The number of hydrogen-bond acceptors (Lipinski definition) is 3. The summed E-state index contributed by atoms with van der Waals surface area (Å²) in [6.07, 6.45) is 10.4. The maximum Gasteiger partial charge on any atom is 0.317 e. The van der Waals surface area contributed by atoms with Crippen LogP contribution in [-0.4, -0.2) is 42.0 Å². The molecule has 1 aromatic heterocycles. The van der Waals surface area contributed by atoms with Gasteiger partial charge >= 0.3 is 6.03 Å². The van der Waals surface area contributed by atoms with E-state index < -0.39 is 0 Å². The van der Waals surface area contributed by atoms with Gasteiger partial charge in [0.05, 0.1) is 11.8 Å². The van der Waals surface area contributed by atoms with Gasteiger partial charge in [0.2, 0.25) is 0 Å². The Balaban J connectivity index is 1.41. The number of nitrogens with zero attached hydrogens (tertiary/aromatic N) is 1. The van der Waals surface area contributed by atoms with E-state index in [4.69, 9.17) is 4.42 Å². The van der Waals surface area contributed by atoms with Crippen LogP contribution in [0.15, 0.2) is 23.0 Å². The van der Waals surface area contributed by atoms with Gasteiger partial charge in [-0.1, -0.05) is 19.3 Å². The molecule has 6 nitrogen and oxygen atoms in total. The summed E-state index contributed by atoms with van der Waals surface area (Å²) in [5, 5.41) is 6.16. The lowest BCUT2D eigenvalue weighted by molar-refractivity contribution is 0.0917. The van der Waals surface area contributed by atoms with Crippen molar-refractivity contribution in [1.82, 2.24) is 15.5 Å². The first-order valence-electron chi connectivity index (χ1n) is 8.61. The molecule has 0 radical (unpaired) electrons. The zero-order chi connectivity index (χ0) is 16.1. The highest BCUT2D eigenvalue weighted by Gasteiger charge is 2.26. The van der Waals surface area contributed by atoms with E-state index in [1.165, 1.54) is 31.8 Å². The van der Waals surface area contributed by atoms with Crippen molar-refractivity contribution >= 4 is 11.9 Å². The van der Waals surface area contributed by atoms with Crippen molar-refractivity contribution in [2.75, 3.05) is 13.1 Å². The van der Waals surface area contributed by atoms with E-state index in [1.54, 1.807) is 6.07 Å². The topological polar surface area (TPSA) is 74.6 Å². The first-order valence-corrected chi connectivity index (χ1v) is 8.61. The molecule has 126 valence electrons. The van der Waals surface area contributed by atoms with Crippen LogP contribution in [0.3, 0.4) is 0 Å². The molecule has 1 aromatic rings. The quantitative estimate of drug-likeness (QED) is 0.899. The molecule has 3 amide bonds. The number of amides is 3. The average Bonchev–Trinajstić information content (AvgIpc) is 3.11. The molecule has 2 fully saturated rings. The highest BCUT2D eigenvalue weighted by Crippen LogP contribution is 2.18. The summed E-state index contributed by atoms with van der Waals surface area (Å²) < 4.78 is 4.92. The number of carbonyl (C=O) groups excluding carboxylic acids is 2. The van der Waals surface area contributed by atoms with E-state index in [-0.39, 0.29) is 18.0 Å². The summed E-state index contributed by atoms with van der Waals surface area (Å²) in [7, 11) is 0. The lowest BCUT2D eigenvalue weighted by Gasteiger charge is -2.34. The molecule has 1 aliphatic heterocycles. The molecule has 1 saturated carbocycles. The van der Waals surface area contributed by atoms with Gasteiger partial charge in [0, 0.05) is 25.2 Å². The van der Waals surface area contributed by atoms with E-state index in [9.17, 15) is 9.59 Å². The first-order chi connectivity index (χ1) is 11.2. The van der Waals surface area contributed by atoms with Crippen LogP contribution in [-0.2, 0) is 0 Å². The zero-order valence-electron chi connectivity index (χ0n) is 13.4. The zero-order valence-corrected chi connectivity index (χ0v) is 13.4. The van der Waals surface area contributed by atoms with E-state index in [2.05, 4.69) is 10.6 Å². The second-order valence-electron chi connectivity index (χ2n) is 6.53. The summed E-state index contributed by atoms with van der Waals surface area (Å²) in [6.45, 7) is 1.38. The fourth-order valence-corrected chi connectivity index (χ4v) is 3.40. The fraction of sp³-hybridized carbons (Fsp3) is 0.647. The van der Waals surface area contributed by atoms with Crippen LogP contribution in [0, 0.1) is 0 Å². The molecule has 0 atom stereocenters. The Labute approximate surface area is 136 Å². The van der Waals surface area contributed by atoms with Crippen molar-refractivity contribution in [3.63, 3.8) is 0 Å². The number of urea groups is 1. The Morgan fingerprint density at radius 2 is 1.70 bits per heavy atom. The van der Waals surface area contributed by atoms with E-state index in [0.29, 0.717) is 24.7 Å². The third-order valence-electron chi connectivity index (χ3n) is 4.83. The van der Waals surface area contributed by atoms with Crippen LogP contribution in [0.4, 0.5) is 4.79 Å². The predicted octanol–water partition coefficient (Wildman–Crippen LogP) is 2.52. The Bertz CT molecular complexity index is 515. The molecule has 0 aromatic carbocycles. The lowest BCUT2D eigenvalue weighted by atomic mass is 9.95. The third-order valence-corrected chi connectivity index (χ3v) is 4.83. The minimum Gasteiger partial charge on any atom is -0.472 e. The maximum atomic E-state index is 12.3. The third kappa shape index (κ3) is 4.27. The van der Waals surface area contributed by atoms with E-state index in [0.717, 1.165) is 25.7 Å². The first kappa shape index (κ1) is 15.9. The van der Waals surface area contributed by atoms with Gasteiger partial charge in [0.15, 0.2) is 0 Å². The fourth-order valence-electron chi connectivity index (χ4n) is 3.40. The SMILES string of the molecule is O=C(NC1CCN(C(=O)NC2CCCCC2)CC1)c1ccoc1. The number of likely N-dealkylation sites (tertiary alicyclic amines) is 1. The lowest BCUT2D eigenvalue weighted by Crippen LogP contribution is -2.51. The minimum atomic E-state index is -0.108. The number of furan rings is 1. The van der Waals surface area contributed by atoms with Crippen molar-refractivity contribution in [3.8, 4) is 0 Å². The number of nitrogens with one attached hydrogen (secondary N) is 2. The second kappa shape index (κ2) is 7.53. The van der Waals surface area contributed by atoms with Crippen LogP contribution in [0.1, 0.15) is 55.3 Å². The summed E-state index contributed by atoms with van der Waals surface area (Å²) >= 11 is 0. The highest BCUT2D eigenvalue weighted by molar-refractivity contribution is 5.93. The summed E-state index contributed by atoms with van der Waals surface area (Å²) in [5.74, 6) is -0.108. The Morgan fingerprint density at radius 1 is 1.00 bits per heavy atom. The average molecular weight is 319 g/mol. The summed E-state index contributed by atoms with van der Waals surface area (Å²) in [6, 6.07) is 2.17. The molecule has 3 rings (SSSR count). The van der Waals surface area contributed by atoms with Crippen LogP contribution in [0.25, 0.3) is 0 Å². The molecule has 6 heteroatoms. The normalized spacial score (nSPS) is 20.3. The van der Waals surface area contributed by atoms with Crippen molar-refractivity contribution in [1.29, 1.82) is 0 Å². The van der Waals surface area contributed by atoms with Crippen LogP contribution in [0.5, 0.6) is 0 Å². The van der Waals surface area contributed by atoms with Gasteiger partial charge in [0.25, 0.3) is 5.91 Å². The minimum absolute atomic E-state index is 0.0523. The second-order valence-corrected chi connectivity index (χ2v) is 6.53. The standard InChI is InChI=1S/C17H25N3O3/c21-16(13-8-11-23-12-13)18-15-6-9-20(10-7-15)17(22)19-14-4-2-1-3-5-14/h8,11-12,14-15H,1-7,9-10H2,(H,18,21)(H,19,22). The van der Waals surface area contributed by atoms with E-state index >= 15 is 0 Å². The molecular weight excluding hydrogens is 294 g/mol. The van der Waals surface area contributed by atoms with Gasteiger partial charge in [-0.25, -0.2) is 4.79 Å². The number of hydrogen-bond donors (Lipinski definition) is 2. The van der Waals surface area contributed by atoms with Crippen LogP contribution < -0.4 is 10.6 Å². The molecule has 0 bridgehead atoms. The molecule has 23 heavy (non-hydrogen) atoms. The van der Waals surface area contributed by atoms with Gasteiger partial charge in [-0.05, 0) is 31.7 Å². The predicted molar refractivity (Wildman–Crippen MR) is 86.2 cm³/mol. The number of rotatable bonds is 3. The van der Waals surface area contributed by atoms with Crippen molar-refractivity contribution < 1.29 is 14.0 Å². The van der Waals surface area contributed by atoms with Crippen molar-refractivity contribution in [2.45, 2.75) is 57.0 Å². The molecule has 0 unspecified atom stereocenters. The van der Waals surface area contributed by atoms with Gasteiger partial charge in [0.1, 0.15) is 6.26 Å². The Kier molecular flexibility index (Phi) is 5.20. The molecule has 1 saturated heterocycles. The largest absolute Gasteiger partial charge is 0.472 e. The molecule has 2 heterocycles. The van der Waals surface area contributed by atoms with Gasteiger partial charge in [-0.3, -0.25) is 4.79 Å². The van der Waals surface area contributed by atoms with Gasteiger partial charge < -0.3 is 20.0 Å².